The second-order valence-electron chi connectivity index (χ2n) is 11.2. The number of rotatable bonds is 3. The van der Waals surface area contributed by atoms with E-state index in [-0.39, 0.29) is 12.8 Å². The average molecular weight is 525 g/mol. The van der Waals surface area contributed by atoms with Crippen LogP contribution in [0.15, 0.2) is 11.6 Å². The van der Waals surface area contributed by atoms with Crippen LogP contribution in [-0.2, 0) is 42.9 Å². The lowest BCUT2D eigenvalue weighted by Crippen LogP contribution is -2.67. The highest BCUT2D eigenvalue weighted by atomic mass is 16.7. The van der Waals surface area contributed by atoms with E-state index >= 15 is 0 Å². The summed E-state index contributed by atoms with van der Waals surface area (Å²) in [4.78, 5) is 49.6. The van der Waals surface area contributed by atoms with E-state index < -0.39 is 89.0 Å². The Morgan fingerprint density at radius 2 is 1.62 bits per heavy atom. The number of esters is 4. The normalized spacial score (nSPS) is 48.1. The number of hydrogen-bond acceptors (Lipinski definition) is 11. The minimum Gasteiger partial charge on any atom is -0.462 e. The predicted molar refractivity (Wildman–Crippen MR) is 125 cm³/mol. The maximum Gasteiger partial charge on any atom is 0.342 e. The summed E-state index contributed by atoms with van der Waals surface area (Å²) in [5.74, 6) is -4.10. The highest BCUT2D eigenvalue weighted by Crippen LogP contribution is 2.65. The van der Waals surface area contributed by atoms with Crippen molar-refractivity contribution in [1.29, 1.82) is 0 Å². The van der Waals surface area contributed by atoms with Crippen LogP contribution in [0.3, 0.4) is 0 Å². The van der Waals surface area contributed by atoms with Crippen LogP contribution in [0, 0.1) is 17.3 Å². The summed E-state index contributed by atoms with van der Waals surface area (Å²) >= 11 is 0. The minimum absolute atomic E-state index is 0.0107. The number of carbonyl (C=O) groups excluding carboxylic acids is 4. The van der Waals surface area contributed by atoms with Gasteiger partial charge in [0.15, 0.2) is 17.3 Å². The van der Waals surface area contributed by atoms with Crippen molar-refractivity contribution in [3.8, 4) is 0 Å². The lowest BCUT2D eigenvalue weighted by atomic mass is 9.53. The van der Waals surface area contributed by atoms with Crippen LogP contribution in [0.2, 0.25) is 0 Å². The minimum atomic E-state index is -1.44. The van der Waals surface area contributed by atoms with Gasteiger partial charge in [0.05, 0.1) is 6.10 Å². The smallest absolute Gasteiger partial charge is 0.342 e. The van der Waals surface area contributed by atoms with Crippen LogP contribution in [0.4, 0.5) is 0 Å². The highest BCUT2D eigenvalue weighted by Gasteiger charge is 2.87. The first kappa shape index (κ1) is 27.5. The van der Waals surface area contributed by atoms with Crippen LogP contribution in [0.25, 0.3) is 0 Å². The first-order chi connectivity index (χ1) is 17.1. The van der Waals surface area contributed by atoms with E-state index in [4.69, 9.17) is 23.7 Å². The van der Waals surface area contributed by atoms with Crippen LogP contribution in [0.5, 0.6) is 0 Å². The van der Waals surface area contributed by atoms with Crippen molar-refractivity contribution < 1.29 is 53.1 Å². The Morgan fingerprint density at radius 1 is 1.03 bits per heavy atom. The molecule has 1 spiro atoms. The lowest BCUT2D eigenvalue weighted by molar-refractivity contribution is -0.239. The third-order valence-electron chi connectivity index (χ3n) is 8.78. The second kappa shape index (κ2) is 9.06. The number of ether oxygens (including phenoxy) is 5. The summed E-state index contributed by atoms with van der Waals surface area (Å²) in [7, 11) is 0. The van der Waals surface area contributed by atoms with Gasteiger partial charge in [-0.1, -0.05) is 19.4 Å². The summed E-state index contributed by atoms with van der Waals surface area (Å²) in [5.41, 5.74) is -3.66. The Balaban J connectivity index is 2.00. The molecule has 0 unspecified atom stereocenters. The molecular weight excluding hydrogens is 488 g/mol. The van der Waals surface area contributed by atoms with Crippen molar-refractivity contribution in [1.82, 2.24) is 0 Å². The molecule has 0 amide bonds. The summed E-state index contributed by atoms with van der Waals surface area (Å²) in [6.07, 6.45) is -4.97. The zero-order valence-corrected chi connectivity index (χ0v) is 22.2. The lowest BCUT2D eigenvalue weighted by Gasteiger charge is -2.56. The number of hydrogen-bond donors (Lipinski definition) is 2. The van der Waals surface area contributed by atoms with E-state index in [0.717, 1.165) is 0 Å². The molecule has 2 saturated heterocycles. The quantitative estimate of drug-likeness (QED) is 0.234. The van der Waals surface area contributed by atoms with Crippen molar-refractivity contribution in [2.45, 2.75) is 109 Å². The molecule has 2 N–H and O–H groups in total. The first-order valence-corrected chi connectivity index (χ1v) is 12.6. The van der Waals surface area contributed by atoms with E-state index in [1.54, 1.807) is 33.8 Å². The highest BCUT2D eigenvalue weighted by molar-refractivity contribution is 5.89. The number of fused-ring (bicyclic) bond motifs is 1. The predicted octanol–water partition coefficient (Wildman–Crippen LogP) is 0.969. The monoisotopic (exact) mass is 524 g/mol. The molecule has 2 aliphatic heterocycles. The van der Waals surface area contributed by atoms with Gasteiger partial charge in [0, 0.05) is 44.9 Å². The van der Waals surface area contributed by atoms with Gasteiger partial charge in [0.2, 0.25) is 0 Å². The van der Waals surface area contributed by atoms with Crippen LogP contribution >= 0.6 is 0 Å². The van der Waals surface area contributed by atoms with Gasteiger partial charge in [0.25, 0.3) is 0 Å². The summed E-state index contributed by atoms with van der Waals surface area (Å²) in [5, 5.41) is 23.0. The van der Waals surface area contributed by atoms with Crippen molar-refractivity contribution in [3.63, 3.8) is 0 Å². The molecule has 2 aliphatic carbocycles. The van der Waals surface area contributed by atoms with Gasteiger partial charge < -0.3 is 33.9 Å². The maximum absolute atomic E-state index is 12.9. The molecule has 0 aromatic carbocycles. The standard InChI is InChI=1S/C26H36O11/c1-11-8-17(33-13(3)27)21(31)24(6)18(34-14(4)28)10-16(30)12(2)20(24)22(35-15(5)29)26-19(9-11)36-23(32)25(26,7)37-26/h9,12,16-22,30-31H,8,10H2,1-7H3/b11-9-/t12-,16-,17-,18-,19-,20+,21+,22+,24-,25-,26-/m0/s1. The Bertz CT molecular complexity index is 1040. The van der Waals surface area contributed by atoms with Crippen LogP contribution in [0.1, 0.15) is 61.3 Å². The Morgan fingerprint density at radius 3 is 2.16 bits per heavy atom. The molecule has 4 aliphatic rings. The third kappa shape index (κ3) is 4.06. The fourth-order valence-corrected chi connectivity index (χ4v) is 6.96. The Labute approximate surface area is 215 Å². The zero-order valence-electron chi connectivity index (χ0n) is 22.2. The van der Waals surface area contributed by atoms with Gasteiger partial charge in [-0.15, -0.1) is 0 Å². The van der Waals surface area contributed by atoms with Gasteiger partial charge in [-0.25, -0.2) is 4.79 Å². The number of carbonyl (C=O) groups is 4. The van der Waals surface area contributed by atoms with E-state index in [1.165, 1.54) is 20.8 Å². The molecule has 2 heterocycles. The van der Waals surface area contributed by atoms with Gasteiger partial charge in [0.1, 0.15) is 24.4 Å². The summed E-state index contributed by atoms with van der Waals surface area (Å²) in [6, 6.07) is 0. The van der Waals surface area contributed by atoms with E-state index in [1.807, 2.05) is 0 Å². The molecule has 11 heteroatoms. The number of epoxide rings is 1. The number of aliphatic hydroxyl groups is 2. The van der Waals surface area contributed by atoms with Crippen LogP contribution < -0.4 is 0 Å². The fourth-order valence-electron chi connectivity index (χ4n) is 6.96. The molecule has 0 aromatic rings. The van der Waals surface area contributed by atoms with Crippen molar-refractivity contribution in [2.75, 3.05) is 0 Å². The largest absolute Gasteiger partial charge is 0.462 e. The Kier molecular flexibility index (Phi) is 6.74. The van der Waals surface area contributed by atoms with E-state index in [2.05, 4.69) is 0 Å². The molecular formula is C26H36O11. The topological polar surface area (TPSA) is 158 Å². The summed E-state index contributed by atoms with van der Waals surface area (Å²) < 4.78 is 28.9. The molecule has 0 bridgehead atoms. The van der Waals surface area contributed by atoms with Gasteiger partial charge >= 0.3 is 23.9 Å². The second-order valence-corrected chi connectivity index (χ2v) is 11.2. The van der Waals surface area contributed by atoms with E-state index in [0.29, 0.717) is 5.57 Å². The molecule has 0 aromatic heterocycles. The molecule has 37 heavy (non-hydrogen) atoms. The molecule has 0 radical (unpaired) electrons. The van der Waals surface area contributed by atoms with Gasteiger partial charge in [-0.05, 0) is 25.8 Å². The fraction of sp³-hybridized carbons (Fsp3) is 0.769. The van der Waals surface area contributed by atoms with Crippen molar-refractivity contribution in [2.24, 2.45) is 17.3 Å². The first-order valence-electron chi connectivity index (χ1n) is 12.6. The maximum atomic E-state index is 12.9. The van der Waals surface area contributed by atoms with Gasteiger partial charge in [-0.3, -0.25) is 14.4 Å². The average Bonchev–Trinajstić information content (AvgIpc) is 3.36. The van der Waals surface area contributed by atoms with Crippen molar-refractivity contribution >= 4 is 23.9 Å². The van der Waals surface area contributed by atoms with Crippen molar-refractivity contribution in [3.05, 3.63) is 11.6 Å². The molecule has 1 saturated carbocycles. The molecule has 11 nitrogen and oxygen atoms in total. The molecule has 4 rings (SSSR count). The zero-order chi connectivity index (χ0) is 27.7. The molecule has 206 valence electrons. The number of aliphatic hydroxyl groups excluding tert-OH is 2. The SMILES string of the molecule is CC(=O)O[C@H]1C/C(C)=C\[C@@H]2OC(=O)[C@]3(C)O[C@]23[C@H](OC(C)=O)[C@H]2[C@@H](C)[C@@H](O)C[C@H](OC(C)=O)[C@]2(C)[C@@H]1O. The van der Waals surface area contributed by atoms with E-state index in [9.17, 15) is 29.4 Å². The molecule has 3 fully saturated rings. The van der Waals surface area contributed by atoms with Crippen LogP contribution in [-0.4, -0.2) is 81.9 Å². The van der Waals surface area contributed by atoms with Gasteiger partial charge in [-0.2, -0.15) is 0 Å². The Hall–Kier alpha value is -2.50. The molecule has 11 atom stereocenters. The summed E-state index contributed by atoms with van der Waals surface area (Å²) in [6.45, 7) is 10.3. The third-order valence-corrected chi connectivity index (χ3v) is 8.78.